The molecule has 1 atom stereocenters. The Bertz CT molecular complexity index is 676. The van der Waals surface area contributed by atoms with Gasteiger partial charge in [0.2, 0.25) is 6.79 Å². The summed E-state index contributed by atoms with van der Waals surface area (Å²) in [5, 5.41) is 0. The Morgan fingerprint density at radius 3 is 2.52 bits per heavy atom. The summed E-state index contributed by atoms with van der Waals surface area (Å²) in [6, 6.07) is 12.9. The molecule has 0 fully saturated rings. The summed E-state index contributed by atoms with van der Waals surface area (Å²) in [6.45, 7) is 2.07. The van der Waals surface area contributed by atoms with Crippen molar-refractivity contribution in [2.75, 3.05) is 13.8 Å². The SMILES string of the molecule is CC(N(C)Cc1ccccc1)C(F)(F)c1ccc2c(c1)OCO2. The normalized spacial score (nSPS) is 15.0. The number of fused-ring (bicyclic) bond motifs is 1. The molecular formula is C18H19F2NO2. The number of hydrogen-bond donors (Lipinski definition) is 0. The average molecular weight is 319 g/mol. The van der Waals surface area contributed by atoms with Gasteiger partial charge in [-0.2, -0.15) is 8.78 Å². The van der Waals surface area contributed by atoms with Gasteiger partial charge in [-0.15, -0.1) is 0 Å². The second-order valence-corrected chi connectivity index (χ2v) is 5.77. The Labute approximate surface area is 134 Å². The molecule has 0 saturated heterocycles. The molecule has 5 heteroatoms. The summed E-state index contributed by atoms with van der Waals surface area (Å²) in [7, 11) is 1.71. The second-order valence-electron chi connectivity index (χ2n) is 5.77. The van der Waals surface area contributed by atoms with Gasteiger partial charge in [0.05, 0.1) is 6.04 Å². The molecule has 0 saturated carbocycles. The van der Waals surface area contributed by atoms with Gasteiger partial charge in [0.25, 0.3) is 5.92 Å². The third-order valence-corrected chi connectivity index (χ3v) is 4.22. The van der Waals surface area contributed by atoms with Crippen LogP contribution >= 0.6 is 0 Å². The van der Waals surface area contributed by atoms with Gasteiger partial charge in [-0.3, -0.25) is 4.90 Å². The molecule has 0 aromatic heterocycles. The van der Waals surface area contributed by atoms with E-state index in [0.29, 0.717) is 18.0 Å². The van der Waals surface area contributed by atoms with E-state index in [4.69, 9.17) is 9.47 Å². The van der Waals surface area contributed by atoms with Crippen LogP contribution in [0.4, 0.5) is 8.78 Å². The average Bonchev–Trinajstić information content (AvgIpc) is 3.02. The fraction of sp³-hybridized carbons (Fsp3) is 0.333. The summed E-state index contributed by atoms with van der Waals surface area (Å²) in [5.74, 6) is -2.11. The number of rotatable bonds is 5. The molecule has 1 aliphatic heterocycles. The number of benzene rings is 2. The zero-order valence-electron chi connectivity index (χ0n) is 13.1. The number of hydrogen-bond acceptors (Lipinski definition) is 3. The first-order valence-electron chi connectivity index (χ1n) is 7.50. The highest BCUT2D eigenvalue weighted by molar-refractivity contribution is 5.45. The van der Waals surface area contributed by atoms with Crippen LogP contribution in [0.2, 0.25) is 0 Å². The van der Waals surface area contributed by atoms with Crippen molar-refractivity contribution in [2.45, 2.75) is 25.4 Å². The van der Waals surface area contributed by atoms with Crippen molar-refractivity contribution in [3.05, 3.63) is 59.7 Å². The van der Waals surface area contributed by atoms with Crippen LogP contribution in [0.1, 0.15) is 18.1 Å². The van der Waals surface area contributed by atoms with Crippen LogP contribution in [0.15, 0.2) is 48.5 Å². The molecule has 0 N–H and O–H groups in total. The Hall–Kier alpha value is -2.14. The Balaban J connectivity index is 1.78. The lowest BCUT2D eigenvalue weighted by atomic mass is 10.00. The van der Waals surface area contributed by atoms with E-state index >= 15 is 0 Å². The number of ether oxygens (including phenoxy) is 2. The second kappa shape index (κ2) is 6.16. The highest BCUT2D eigenvalue weighted by atomic mass is 19.3. The topological polar surface area (TPSA) is 21.7 Å². The molecule has 2 aromatic rings. The predicted octanol–water partition coefficient (Wildman–Crippen LogP) is 4.03. The summed E-state index contributed by atoms with van der Waals surface area (Å²) < 4.78 is 40.0. The first-order chi connectivity index (χ1) is 11.0. The van der Waals surface area contributed by atoms with E-state index in [-0.39, 0.29) is 12.4 Å². The van der Waals surface area contributed by atoms with Gasteiger partial charge >= 0.3 is 0 Å². The van der Waals surface area contributed by atoms with Crippen LogP contribution in [0.3, 0.4) is 0 Å². The van der Waals surface area contributed by atoms with E-state index in [9.17, 15) is 8.78 Å². The Morgan fingerprint density at radius 1 is 1.09 bits per heavy atom. The molecule has 1 heterocycles. The smallest absolute Gasteiger partial charge is 0.288 e. The molecule has 1 aliphatic rings. The molecule has 23 heavy (non-hydrogen) atoms. The molecule has 3 nitrogen and oxygen atoms in total. The van der Waals surface area contributed by atoms with Gasteiger partial charge in [-0.25, -0.2) is 0 Å². The molecule has 0 spiro atoms. The molecule has 1 unspecified atom stereocenters. The number of alkyl halides is 2. The van der Waals surface area contributed by atoms with Crippen molar-refractivity contribution >= 4 is 0 Å². The minimum Gasteiger partial charge on any atom is -0.454 e. The van der Waals surface area contributed by atoms with Gasteiger partial charge < -0.3 is 9.47 Å². The highest BCUT2D eigenvalue weighted by Gasteiger charge is 2.41. The summed E-state index contributed by atoms with van der Waals surface area (Å²) in [4.78, 5) is 1.65. The van der Waals surface area contributed by atoms with Crippen molar-refractivity contribution in [1.82, 2.24) is 4.90 Å². The maximum atomic E-state index is 14.8. The molecule has 122 valence electrons. The van der Waals surface area contributed by atoms with Crippen LogP contribution in [0.5, 0.6) is 11.5 Å². The molecule has 0 radical (unpaired) electrons. The molecule has 0 aliphatic carbocycles. The lowest BCUT2D eigenvalue weighted by Crippen LogP contribution is -2.41. The van der Waals surface area contributed by atoms with E-state index in [1.165, 1.54) is 25.1 Å². The maximum Gasteiger partial charge on any atom is 0.288 e. The van der Waals surface area contributed by atoms with Gasteiger partial charge in [0, 0.05) is 12.1 Å². The van der Waals surface area contributed by atoms with E-state index < -0.39 is 12.0 Å². The fourth-order valence-corrected chi connectivity index (χ4v) is 2.63. The van der Waals surface area contributed by atoms with E-state index in [0.717, 1.165) is 5.56 Å². The maximum absolute atomic E-state index is 14.8. The minimum atomic E-state index is -3.00. The van der Waals surface area contributed by atoms with Crippen LogP contribution in [-0.2, 0) is 12.5 Å². The Morgan fingerprint density at radius 2 is 1.78 bits per heavy atom. The van der Waals surface area contributed by atoms with Crippen LogP contribution in [0, 0.1) is 0 Å². The lowest BCUT2D eigenvalue weighted by molar-refractivity contribution is -0.0773. The lowest BCUT2D eigenvalue weighted by Gasteiger charge is -2.32. The van der Waals surface area contributed by atoms with Gasteiger partial charge in [-0.1, -0.05) is 30.3 Å². The van der Waals surface area contributed by atoms with Crippen molar-refractivity contribution in [1.29, 1.82) is 0 Å². The van der Waals surface area contributed by atoms with Gasteiger partial charge in [-0.05, 0) is 37.7 Å². The van der Waals surface area contributed by atoms with E-state index in [1.807, 2.05) is 30.3 Å². The molecule has 3 rings (SSSR count). The fourth-order valence-electron chi connectivity index (χ4n) is 2.63. The number of nitrogens with zero attached hydrogens (tertiary/aromatic N) is 1. The zero-order valence-corrected chi connectivity index (χ0v) is 13.1. The monoisotopic (exact) mass is 319 g/mol. The van der Waals surface area contributed by atoms with E-state index in [2.05, 4.69) is 0 Å². The third kappa shape index (κ3) is 3.15. The number of halogens is 2. The van der Waals surface area contributed by atoms with Crippen LogP contribution in [-0.4, -0.2) is 24.8 Å². The van der Waals surface area contributed by atoms with Crippen molar-refractivity contribution < 1.29 is 18.3 Å². The predicted molar refractivity (Wildman–Crippen MR) is 83.8 cm³/mol. The first kappa shape index (κ1) is 15.7. The summed E-state index contributed by atoms with van der Waals surface area (Å²) in [5.41, 5.74) is 0.942. The Kier molecular flexibility index (Phi) is 4.22. The summed E-state index contributed by atoms with van der Waals surface area (Å²) in [6.07, 6.45) is 0. The number of likely N-dealkylation sites (N-methyl/N-ethyl adjacent to an activating group) is 1. The molecular weight excluding hydrogens is 300 g/mol. The van der Waals surface area contributed by atoms with Gasteiger partial charge in [0.15, 0.2) is 11.5 Å². The molecule has 0 amide bonds. The van der Waals surface area contributed by atoms with Crippen molar-refractivity contribution in [3.63, 3.8) is 0 Å². The molecule has 0 bridgehead atoms. The van der Waals surface area contributed by atoms with Crippen LogP contribution < -0.4 is 9.47 Å². The van der Waals surface area contributed by atoms with Crippen molar-refractivity contribution in [3.8, 4) is 11.5 Å². The van der Waals surface area contributed by atoms with Gasteiger partial charge in [0.1, 0.15) is 0 Å². The molecule has 2 aromatic carbocycles. The standard InChI is InChI=1S/C18H19F2NO2/c1-13(21(2)11-14-6-4-3-5-7-14)18(19,20)15-8-9-16-17(10-15)23-12-22-16/h3-10,13H,11-12H2,1-2H3. The third-order valence-electron chi connectivity index (χ3n) is 4.22. The van der Waals surface area contributed by atoms with E-state index in [1.54, 1.807) is 11.9 Å². The van der Waals surface area contributed by atoms with Crippen molar-refractivity contribution in [2.24, 2.45) is 0 Å². The van der Waals surface area contributed by atoms with Crippen LogP contribution in [0.25, 0.3) is 0 Å². The first-order valence-corrected chi connectivity index (χ1v) is 7.50. The highest BCUT2D eigenvalue weighted by Crippen LogP contribution is 2.40. The summed E-state index contributed by atoms with van der Waals surface area (Å²) >= 11 is 0. The largest absolute Gasteiger partial charge is 0.454 e. The quantitative estimate of drug-likeness (QED) is 0.830. The zero-order chi connectivity index (χ0) is 16.4. The minimum absolute atomic E-state index is 0.0610.